The Hall–Kier alpha value is -2.18. The van der Waals surface area contributed by atoms with E-state index in [1.54, 1.807) is 12.4 Å². The van der Waals surface area contributed by atoms with Gasteiger partial charge in [0.1, 0.15) is 11.3 Å². The second kappa shape index (κ2) is 6.37. The van der Waals surface area contributed by atoms with Crippen LogP contribution in [0.5, 0.6) is 0 Å². The van der Waals surface area contributed by atoms with Crippen LogP contribution in [-0.2, 0) is 0 Å². The molecule has 0 bridgehead atoms. The number of hydrogen-bond donors (Lipinski definition) is 3. The van der Waals surface area contributed by atoms with Gasteiger partial charge in [0.15, 0.2) is 5.65 Å². The molecule has 3 aromatic rings. The number of H-pyrrole nitrogens is 1. The molecule has 0 aromatic carbocycles. The summed E-state index contributed by atoms with van der Waals surface area (Å²) in [6.07, 6.45) is 5.77. The number of nitrogens with one attached hydrogen (secondary N) is 3. The third-order valence-corrected chi connectivity index (χ3v) is 4.57. The summed E-state index contributed by atoms with van der Waals surface area (Å²) in [6.45, 7) is 4.02. The summed E-state index contributed by atoms with van der Waals surface area (Å²) in [6, 6.07) is 4.40. The Labute approximate surface area is 145 Å². The van der Waals surface area contributed by atoms with E-state index in [1.807, 2.05) is 19.1 Å². The third-order valence-electron chi connectivity index (χ3n) is 4.28. The monoisotopic (exact) mass is 342 g/mol. The van der Waals surface area contributed by atoms with Crippen molar-refractivity contribution < 1.29 is 0 Å². The lowest BCUT2D eigenvalue weighted by Gasteiger charge is -2.25. The Morgan fingerprint density at radius 2 is 2.21 bits per heavy atom. The molecule has 7 heteroatoms. The van der Waals surface area contributed by atoms with E-state index in [4.69, 9.17) is 11.6 Å². The minimum atomic E-state index is 0.374. The van der Waals surface area contributed by atoms with Gasteiger partial charge in [-0.2, -0.15) is 0 Å². The quantitative estimate of drug-likeness (QED) is 0.681. The molecule has 3 aromatic heterocycles. The lowest BCUT2D eigenvalue weighted by atomic mass is 10.1. The van der Waals surface area contributed by atoms with Gasteiger partial charge in [-0.3, -0.25) is 0 Å². The molecular formula is C17H19ClN6. The molecule has 0 spiro atoms. The first-order valence-corrected chi connectivity index (χ1v) is 8.53. The highest BCUT2D eigenvalue weighted by Gasteiger charge is 2.17. The van der Waals surface area contributed by atoms with E-state index in [1.165, 1.54) is 6.42 Å². The number of pyridine rings is 1. The van der Waals surface area contributed by atoms with Crippen molar-refractivity contribution in [3.63, 3.8) is 0 Å². The Kier molecular flexibility index (Phi) is 4.08. The molecule has 4 heterocycles. The maximum absolute atomic E-state index is 6.18. The molecule has 0 amide bonds. The Morgan fingerprint density at radius 3 is 3.04 bits per heavy atom. The van der Waals surface area contributed by atoms with Crippen molar-refractivity contribution in [1.29, 1.82) is 0 Å². The van der Waals surface area contributed by atoms with Crippen molar-refractivity contribution >= 4 is 28.6 Å². The lowest BCUT2D eigenvalue weighted by molar-refractivity contribution is 0.479. The number of halogens is 1. The van der Waals surface area contributed by atoms with Gasteiger partial charge in [0, 0.05) is 30.0 Å². The fraction of sp³-hybridized carbons (Fsp3) is 0.353. The number of piperidine rings is 1. The van der Waals surface area contributed by atoms with Gasteiger partial charge in [-0.25, -0.2) is 15.0 Å². The fourth-order valence-corrected chi connectivity index (χ4v) is 3.22. The average molecular weight is 343 g/mol. The predicted octanol–water partition coefficient (Wildman–Crippen LogP) is 3.15. The van der Waals surface area contributed by atoms with Crippen LogP contribution < -0.4 is 10.6 Å². The van der Waals surface area contributed by atoms with Gasteiger partial charge >= 0.3 is 0 Å². The van der Waals surface area contributed by atoms with E-state index in [0.717, 1.165) is 42.3 Å². The van der Waals surface area contributed by atoms with Gasteiger partial charge in [-0.15, -0.1) is 0 Å². The molecule has 0 saturated carbocycles. The minimum absolute atomic E-state index is 0.374. The lowest BCUT2D eigenvalue weighted by Crippen LogP contribution is -2.38. The zero-order valence-electron chi connectivity index (χ0n) is 13.4. The Balaban J connectivity index is 1.73. The number of anilines is 1. The van der Waals surface area contributed by atoms with Crippen molar-refractivity contribution in [3.05, 3.63) is 35.2 Å². The summed E-state index contributed by atoms with van der Waals surface area (Å²) >= 11 is 6.18. The summed E-state index contributed by atoms with van der Waals surface area (Å²) in [4.78, 5) is 16.8. The molecule has 24 heavy (non-hydrogen) atoms. The van der Waals surface area contributed by atoms with Crippen molar-refractivity contribution in [2.24, 2.45) is 0 Å². The number of aromatic amines is 1. The van der Waals surface area contributed by atoms with Crippen LogP contribution in [0.4, 0.5) is 5.82 Å². The summed E-state index contributed by atoms with van der Waals surface area (Å²) < 4.78 is 0. The van der Waals surface area contributed by atoms with E-state index in [2.05, 4.69) is 30.6 Å². The fourth-order valence-electron chi connectivity index (χ4n) is 3.03. The van der Waals surface area contributed by atoms with Gasteiger partial charge in [0.25, 0.3) is 0 Å². The zero-order valence-corrected chi connectivity index (χ0v) is 14.2. The molecule has 6 nitrogen and oxygen atoms in total. The molecule has 124 valence electrons. The number of nitrogens with zero attached hydrogens (tertiary/aromatic N) is 3. The molecular weight excluding hydrogens is 324 g/mol. The highest BCUT2D eigenvalue weighted by molar-refractivity contribution is 6.34. The van der Waals surface area contributed by atoms with Crippen LogP contribution in [0.25, 0.3) is 22.4 Å². The van der Waals surface area contributed by atoms with E-state index >= 15 is 0 Å². The smallest absolute Gasteiger partial charge is 0.157 e. The van der Waals surface area contributed by atoms with Crippen LogP contribution >= 0.6 is 11.6 Å². The Bertz CT molecular complexity index is 869. The van der Waals surface area contributed by atoms with Crippen LogP contribution in [0.3, 0.4) is 0 Å². The van der Waals surface area contributed by atoms with Crippen LogP contribution in [0.1, 0.15) is 18.5 Å². The molecule has 1 saturated heterocycles. The molecule has 0 aliphatic carbocycles. The highest BCUT2D eigenvalue weighted by atomic mass is 35.5. The van der Waals surface area contributed by atoms with E-state index in [-0.39, 0.29) is 0 Å². The first-order valence-electron chi connectivity index (χ1n) is 8.15. The molecule has 1 aliphatic rings. The SMILES string of the molecule is Cc1ccc(-c2cnc3[nH]cc(Cl)c3n2)c(NC2CCCNC2)n1. The van der Waals surface area contributed by atoms with Crippen molar-refractivity contribution in [2.75, 3.05) is 18.4 Å². The summed E-state index contributed by atoms with van der Waals surface area (Å²) in [5.74, 6) is 0.851. The van der Waals surface area contributed by atoms with Crippen molar-refractivity contribution in [2.45, 2.75) is 25.8 Å². The van der Waals surface area contributed by atoms with E-state index in [0.29, 0.717) is 22.2 Å². The van der Waals surface area contributed by atoms with Gasteiger partial charge in [-0.05, 0) is 38.4 Å². The average Bonchev–Trinajstić information content (AvgIpc) is 2.97. The second-order valence-electron chi connectivity index (χ2n) is 6.13. The standard InChI is InChI=1S/C17H19ClN6/c1-10-4-5-12(16(22-10)23-11-3-2-6-19-7-11)14-9-21-17-15(24-14)13(18)8-20-17/h4-5,8-9,11,19H,2-3,6-7H2,1H3,(H,20,21)(H,22,23). The van der Waals surface area contributed by atoms with Crippen LogP contribution in [-0.4, -0.2) is 39.1 Å². The van der Waals surface area contributed by atoms with Gasteiger partial charge in [-0.1, -0.05) is 11.6 Å². The first kappa shape index (κ1) is 15.4. The van der Waals surface area contributed by atoms with Gasteiger partial charge in [0.2, 0.25) is 0 Å². The largest absolute Gasteiger partial charge is 0.365 e. The number of hydrogen-bond acceptors (Lipinski definition) is 5. The van der Waals surface area contributed by atoms with Crippen molar-refractivity contribution in [1.82, 2.24) is 25.3 Å². The maximum Gasteiger partial charge on any atom is 0.157 e. The maximum atomic E-state index is 6.18. The van der Waals surface area contributed by atoms with Crippen LogP contribution in [0.2, 0.25) is 5.02 Å². The number of aryl methyl sites for hydroxylation is 1. The Morgan fingerprint density at radius 1 is 1.29 bits per heavy atom. The summed E-state index contributed by atoms with van der Waals surface area (Å²) in [5, 5.41) is 7.55. The molecule has 4 rings (SSSR count). The number of rotatable bonds is 3. The van der Waals surface area contributed by atoms with Crippen LogP contribution in [0.15, 0.2) is 24.5 Å². The molecule has 1 atom stereocenters. The molecule has 1 fully saturated rings. The molecule has 1 unspecified atom stereocenters. The van der Waals surface area contributed by atoms with Gasteiger partial charge < -0.3 is 15.6 Å². The van der Waals surface area contributed by atoms with E-state index < -0.39 is 0 Å². The minimum Gasteiger partial charge on any atom is -0.365 e. The summed E-state index contributed by atoms with van der Waals surface area (Å²) in [7, 11) is 0. The van der Waals surface area contributed by atoms with Crippen LogP contribution in [0, 0.1) is 6.92 Å². The zero-order chi connectivity index (χ0) is 16.5. The molecule has 0 radical (unpaired) electrons. The first-order chi connectivity index (χ1) is 11.7. The highest BCUT2D eigenvalue weighted by Crippen LogP contribution is 2.28. The normalized spacial score (nSPS) is 18.0. The third kappa shape index (κ3) is 2.95. The topological polar surface area (TPSA) is 78.5 Å². The number of fused-ring (bicyclic) bond motifs is 1. The number of aromatic nitrogens is 4. The van der Waals surface area contributed by atoms with E-state index in [9.17, 15) is 0 Å². The molecule has 1 aliphatic heterocycles. The predicted molar refractivity (Wildman–Crippen MR) is 96.4 cm³/mol. The summed E-state index contributed by atoms with van der Waals surface area (Å²) in [5.41, 5.74) is 4.05. The second-order valence-corrected chi connectivity index (χ2v) is 6.53. The molecule has 3 N–H and O–H groups in total. The van der Waals surface area contributed by atoms with Crippen molar-refractivity contribution in [3.8, 4) is 11.3 Å². The van der Waals surface area contributed by atoms with Gasteiger partial charge in [0.05, 0.1) is 16.9 Å².